The van der Waals surface area contributed by atoms with Crippen LogP contribution in [0.15, 0.2) is 45.6 Å². The maximum Gasteiger partial charge on any atom is 0.342 e. The van der Waals surface area contributed by atoms with Crippen molar-refractivity contribution in [1.82, 2.24) is 0 Å². The molecule has 0 unspecified atom stereocenters. The van der Waals surface area contributed by atoms with Crippen LogP contribution in [0.25, 0.3) is 11.0 Å². The van der Waals surface area contributed by atoms with Crippen LogP contribution in [0.2, 0.25) is 0 Å². The van der Waals surface area contributed by atoms with E-state index in [2.05, 4.69) is 13.8 Å². The van der Waals surface area contributed by atoms with Gasteiger partial charge in [0.05, 0.1) is 0 Å². The maximum atomic E-state index is 12.3. The van der Waals surface area contributed by atoms with Gasteiger partial charge in [-0.2, -0.15) is 0 Å². The lowest BCUT2D eigenvalue weighted by Crippen LogP contribution is -2.08. The molecule has 0 bridgehead atoms. The number of hydrogen-bond donors (Lipinski definition) is 1. The minimum atomic E-state index is -0.648. The van der Waals surface area contributed by atoms with Gasteiger partial charge in [-0.1, -0.05) is 19.9 Å². The SMILES string of the molecule is Cc1ccc(C(=O)OCc2cc(=O)oc3cc(C)c(C(C)C)cc23)c(O)c1. The molecular formula is C22H22O5. The Kier molecular flexibility index (Phi) is 5.04. The van der Waals surface area contributed by atoms with E-state index in [1.807, 2.05) is 26.0 Å². The van der Waals surface area contributed by atoms with Crippen LogP contribution in [-0.4, -0.2) is 11.1 Å². The molecule has 0 fully saturated rings. The standard InChI is InChI=1S/C22H22O5/c1-12(2)17-10-18-15(9-21(24)27-20(18)8-14(17)4)11-26-22(25)16-6-5-13(3)7-19(16)23/h5-10,12,23H,11H2,1-4H3. The second kappa shape index (κ2) is 7.27. The average molecular weight is 366 g/mol. The molecule has 3 aromatic rings. The fourth-order valence-electron chi connectivity index (χ4n) is 3.17. The van der Waals surface area contributed by atoms with E-state index in [0.29, 0.717) is 17.1 Å². The molecule has 0 aliphatic heterocycles. The van der Waals surface area contributed by atoms with Gasteiger partial charge in [0.2, 0.25) is 0 Å². The van der Waals surface area contributed by atoms with Gasteiger partial charge in [0.15, 0.2) is 0 Å². The zero-order chi connectivity index (χ0) is 19.7. The first-order valence-electron chi connectivity index (χ1n) is 8.80. The van der Waals surface area contributed by atoms with E-state index in [0.717, 1.165) is 22.1 Å². The highest BCUT2D eigenvalue weighted by molar-refractivity contribution is 5.92. The predicted octanol–water partition coefficient (Wildman–Crippen LogP) is 4.60. The normalized spacial score (nSPS) is 11.1. The highest BCUT2D eigenvalue weighted by atomic mass is 16.5. The van der Waals surface area contributed by atoms with E-state index >= 15 is 0 Å². The van der Waals surface area contributed by atoms with Gasteiger partial charge in [-0.05, 0) is 60.7 Å². The van der Waals surface area contributed by atoms with Crippen molar-refractivity contribution in [2.45, 2.75) is 40.2 Å². The van der Waals surface area contributed by atoms with Crippen LogP contribution in [0.4, 0.5) is 0 Å². The molecule has 1 N–H and O–H groups in total. The number of benzene rings is 2. The van der Waals surface area contributed by atoms with Crippen molar-refractivity contribution in [2.75, 3.05) is 0 Å². The lowest BCUT2D eigenvalue weighted by atomic mass is 9.95. The summed E-state index contributed by atoms with van der Waals surface area (Å²) < 4.78 is 10.7. The number of fused-ring (bicyclic) bond motifs is 1. The summed E-state index contributed by atoms with van der Waals surface area (Å²) in [5.74, 6) is -0.471. The lowest BCUT2D eigenvalue weighted by Gasteiger charge is -2.13. The fraction of sp³-hybridized carbons (Fsp3) is 0.273. The number of esters is 1. The fourth-order valence-corrected chi connectivity index (χ4v) is 3.17. The van der Waals surface area contributed by atoms with Crippen LogP contribution in [0, 0.1) is 13.8 Å². The molecular weight excluding hydrogens is 344 g/mol. The molecule has 0 spiro atoms. The summed E-state index contributed by atoms with van der Waals surface area (Å²) in [5.41, 5.74) is 3.65. The highest BCUT2D eigenvalue weighted by Gasteiger charge is 2.16. The largest absolute Gasteiger partial charge is 0.507 e. The molecule has 0 saturated heterocycles. The number of hydrogen-bond acceptors (Lipinski definition) is 5. The van der Waals surface area contributed by atoms with Crippen LogP contribution in [0.3, 0.4) is 0 Å². The monoisotopic (exact) mass is 366 g/mol. The molecule has 0 aliphatic rings. The van der Waals surface area contributed by atoms with Gasteiger partial charge in [0.1, 0.15) is 23.5 Å². The smallest absolute Gasteiger partial charge is 0.342 e. The van der Waals surface area contributed by atoms with E-state index in [1.54, 1.807) is 6.07 Å². The minimum absolute atomic E-state index is 0.0884. The predicted molar refractivity (Wildman–Crippen MR) is 103 cm³/mol. The number of carbonyl (C=O) groups excluding carboxylic acids is 1. The Morgan fingerprint density at radius 3 is 2.56 bits per heavy atom. The van der Waals surface area contributed by atoms with Crippen LogP contribution in [0.5, 0.6) is 5.75 Å². The Balaban J connectivity index is 1.95. The molecule has 140 valence electrons. The number of carbonyl (C=O) groups is 1. The molecule has 5 nitrogen and oxygen atoms in total. The van der Waals surface area contributed by atoms with Crippen molar-refractivity contribution in [3.8, 4) is 5.75 Å². The summed E-state index contributed by atoms with van der Waals surface area (Å²) in [6.07, 6.45) is 0. The van der Waals surface area contributed by atoms with Gasteiger partial charge in [-0.15, -0.1) is 0 Å². The van der Waals surface area contributed by atoms with E-state index in [-0.39, 0.29) is 17.9 Å². The topological polar surface area (TPSA) is 76.7 Å². The Labute approximate surface area is 157 Å². The van der Waals surface area contributed by atoms with Gasteiger partial charge in [-0.25, -0.2) is 9.59 Å². The van der Waals surface area contributed by atoms with E-state index in [9.17, 15) is 14.7 Å². The summed E-state index contributed by atoms with van der Waals surface area (Å²) in [5, 5.41) is 10.7. The summed E-state index contributed by atoms with van der Waals surface area (Å²) >= 11 is 0. The lowest BCUT2D eigenvalue weighted by molar-refractivity contribution is 0.0470. The first-order chi connectivity index (χ1) is 12.8. The molecule has 27 heavy (non-hydrogen) atoms. The van der Waals surface area contributed by atoms with E-state index in [1.165, 1.54) is 18.2 Å². The van der Waals surface area contributed by atoms with Crippen LogP contribution in [-0.2, 0) is 11.3 Å². The molecule has 2 aromatic carbocycles. The Hall–Kier alpha value is -3.08. The highest BCUT2D eigenvalue weighted by Crippen LogP contribution is 2.27. The van der Waals surface area contributed by atoms with Crippen molar-refractivity contribution in [3.63, 3.8) is 0 Å². The molecule has 3 rings (SSSR count). The van der Waals surface area contributed by atoms with Crippen molar-refractivity contribution in [3.05, 3.63) is 74.6 Å². The average Bonchev–Trinajstić information content (AvgIpc) is 2.58. The number of phenols is 1. The van der Waals surface area contributed by atoms with Gasteiger partial charge in [0, 0.05) is 17.0 Å². The quantitative estimate of drug-likeness (QED) is 0.539. The summed E-state index contributed by atoms with van der Waals surface area (Å²) in [6, 6.07) is 9.89. The number of aryl methyl sites for hydroxylation is 2. The number of aromatic hydroxyl groups is 1. The number of phenolic OH excluding ortho intramolecular Hbond substituents is 1. The van der Waals surface area contributed by atoms with Crippen molar-refractivity contribution in [1.29, 1.82) is 0 Å². The third-order valence-electron chi connectivity index (χ3n) is 4.57. The molecule has 0 aliphatic carbocycles. The molecule has 1 heterocycles. The first-order valence-corrected chi connectivity index (χ1v) is 8.80. The zero-order valence-electron chi connectivity index (χ0n) is 15.8. The van der Waals surface area contributed by atoms with Gasteiger partial charge in [-0.3, -0.25) is 0 Å². The van der Waals surface area contributed by atoms with Crippen LogP contribution in [0.1, 0.15) is 52.4 Å². The zero-order valence-corrected chi connectivity index (χ0v) is 15.8. The summed E-state index contributed by atoms with van der Waals surface area (Å²) in [4.78, 5) is 24.2. The second-order valence-corrected chi connectivity index (χ2v) is 7.05. The van der Waals surface area contributed by atoms with Crippen molar-refractivity contribution < 1.29 is 19.1 Å². The summed E-state index contributed by atoms with van der Waals surface area (Å²) in [6.45, 7) is 7.88. The molecule has 0 atom stereocenters. The van der Waals surface area contributed by atoms with E-state index < -0.39 is 11.6 Å². The van der Waals surface area contributed by atoms with Gasteiger partial charge < -0.3 is 14.3 Å². The Morgan fingerprint density at radius 1 is 1.15 bits per heavy atom. The maximum absolute atomic E-state index is 12.3. The minimum Gasteiger partial charge on any atom is -0.507 e. The van der Waals surface area contributed by atoms with Crippen LogP contribution >= 0.6 is 0 Å². The van der Waals surface area contributed by atoms with Crippen LogP contribution < -0.4 is 5.63 Å². The molecule has 0 amide bonds. The first kappa shape index (κ1) is 18.7. The molecule has 1 aromatic heterocycles. The Bertz CT molecular complexity index is 1080. The second-order valence-electron chi connectivity index (χ2n) is 7.05. The van der Waals surface area contributed by atoms with Gasteiger partial charge >= 0.3 is 11.6 Å². The molecule has 0 saturated carbocycles. The Morgan fingerprint density at radius 2 is 1.89 bits per heavy atom. The van der Waals surface area contributed by atoms with Crippen molar-refractivity contribution >= 4 is 16.9 Å². The number of rotatable bonds is 4. The van der Waals surface area contributed by atoms with E-state index in [4.69, 9.17) is 9.15 Å². The third-order valence-corrected chi connectivity index (χ3v) is 4.57. The number of ether oxygens (including phenoxy) is 1. The summed E-state index contributed by atoms with van der Waals surface area (Å²) in [7, 11) is 0. The van der Waals surface area contributed by atoms with Gasteiger partial charge in [0.25, 0.3) is 0 Å². The third kappa shape index (κ3) is 3.87. The van der Waals surface area contributed by atoms with Crippen molar-refractivity contribution in [2.24, 2.45) is 0 Å². The molecule has 0 radical (unpaired) electrons. The molecule has 5 heteroatoms.